The van der Waals surface area contributed by atoms with E-state index in [4.69, 9.17) is 21.4 Å². The molecule has 2 rings (SSSR count). The molecule has 1 saturated heterocycles. The molecule has 120 valence electrons. The van der Waals surface area contributed by atoms with Crippen molar-refractivity contribution in [3.63, 3.8) is 0 Å². The van der Waals surface area contributed by atoms with Gasteiger partial charge in [-0.25, -0.2) is 0 Å². The maximum atomic E-state index is 12.7. The molecular weight excluding hydrogens is 306 g/mol. The van der Waals surface area contributed by atoms with Crippen molar-refractivity contribution in [3.05, 3.63) is 28.8 Å². The van der Waals surface area contributed by atoms with Gasteiger partial charge < -0.3 is 14.7 Å². The summed E-state index contributed by atoms with van der Waals surface area (Å²) >= 11 is 6.00. The van der Waals surface area contributed by atoms with E-state index in [2.05, 4.69) is 0 Å². The zero-order valence-corrected chi connectivity index (χ0v) is 13.5. The lowest BCUT2D eigenvalue weighted by Gasteiger charge is -2.31. The van der Waals surface area contributed by atoms with Crippen LogP contribution < -0.4 is 4.74 Å². The van der Waals surface area contributed by atoms with E-state index in [0.29, 0.717) is 35.7 Å². The molecule has 5 nitrogen and oxygen atoms in total. The molecule has 0 unspecified atom stereocenters. The number of halogens is 1. The zero-order valence-electron chi connectivity index (χ0n) is 12.7. The Hall–Kier alpha value is -1.75. The molecule has 1 aromatic carbocycles. The van der Waals surface area contributed by atoms with E-state index < -0.39 is 11.9 Å². The molecule has 1 heterocycles. The van der Waals surface area contributed by atoms with Crippen molar-refractivity contribution >= 4 is 23.5 Å². The summed E-state index contributed by atoms with van der Waals surface area (Å²) in [6.07, 6.45) is 1.22. The molecule has 0 spiro atoms. The summed E-state index contributed by atoms with van der Waals surface area (Å²) in [6, 6.07) is 4.92. The predicted octanol–water partition coefficient (Wildman–Crippen LogP) is 3.06. The monoisotopic (exact) mass is 325 g/mol. The lowest BCUT2D eigenvalue weighted by atomic mass is 9.97. The SMILES string of the molecule is CC(C)Oc1ccc(Cl)cc1C(=O)N1CCC[C@@H](C(=O)O)C1. The Morgan fingerprint density at radius 3 is 2.77 bits per heavy atom. The molecule has 1 fully saturated rings. The van der Waals surface area contributed by atoms with Crippen molar-refractivity contribution < 1.29 is 19.4 Å². The van der Waals surface area contributed by atoms with Gasteiger partial charge in [0, 0.05) is 18.1 Å². The fraction of sp³-hybridized carbons (Fsp3) is 0.500. The van der Waals surface area contributed by atoms with Gasteiger partial charge in [-0.05, 0) is 44.9 Å². The molecule has 0 aromatic heterocycles. The zero-order chi connectivity index (χ0) is 16.3. The number of amides is 1. The first kappa shape index (κ1) is 16.6. The minimum absolute atomic E-state index is 0.0687. The molecule has 0 saturated carbocycles. The van der Waals surface area contributed by atoms with Crippen LogP contribution in [0.1, 0.15) is 37.0 Å². The van der Waals surface area contributed by atoms with Crippen molar-refractivity contribution in [1.29, 1.82) is 0 Å². The summed E-state index contributed by atoms with van der Waals surface area (Å²) in [4.78, 5) is 25.4. The largest absolute Gasteiger partial charge is 0.490 e. The molecule has 1 aliphatic heterocycles. The second kappa shape index (κ2) is 7.01. The van der Waals surface area contributed by atoms with Crippen LogP contribution in [-0.4, -0.2) is 41.1 Å². The van der Waals surface area contributed by atoms with Crippen LogP contribution in [0.2, 0.25) is 5.02 Å². The number of piperidine rings is 1. The minimum Gasteiger partial charge on any atom is -0.490 e. The van der Waals surface area contributed by atoms with Gasteiger partial charge in [-0.2, -0.15) is 0 Å². The number of benzene rings is 1. The first-order valence-corrected chi connectivity index (χ1v) is 7.74. The number of hydrogen-bond donors (Lipinski definition) is 1. The number of carboxylic acids is 1. The maximum Gasteiger partial charge on any atom is 0.308 e. The molecule has 0 radical (unpaired) electrons. The number of hydrogen-bond acceptors (Lipinski definition) is 3. The molecule has 1 amide bonds. The van der Waals surface area contributed by atoms with Gasteiger partial charge in [-0.1, -0.05) is 11.6 Å². The van der Waals surface area contributed by atoms with Crippen molar-refractivity contribution in [2.75, 3.05) is 13.1 Å². The third kappa shape index (κ3) is 3.91. The van der Waals surface area contributed by atoms with Crippen LogP contribution in [0.4, 0.5) is 0 Å². The first-order chi connectivity index (χ1) is 10.4. The van der Waals surface area contributed by atoms with Crippen molar-refractivity contribution in [3.8, 4) is 5.75 Å². The number of aliphatic carboxylic acids is 1. The molecular formula is C16H20ClNO4. The standard InChI is InChI=1S/C16H20ClNO4/c1-10(2)22-14-6-5-12(17)8-13(14)15(19)18-7-3-4-11(9-18)16(20)21/h5-6,8,10-11H,3-4,7,9H2,1-2H3,(H,20,21)/t11-/m1/s1. The Balaban J connectivity index is 2.24. The Morgan fingerprint density at radius 2 is 2.14 bits per heavy atom. The number of rotatable bonds is 4. The molecule has 22 heavy (non-hydrogen) atoms. The second-order valence-electron chi connectivity index (χ2n) is 5.74. The smallest absolute Gasteiger partial charge is 0.308 e. The summed E-state index contributed by atoms with van der Waals surface area (Å²) in [5.41, 5.74) is 0.382. The molecule has 6 heteroatoms. The van der Waals surface area contributed by atoms with Gasteiger partial charge >= 0.3 is 5.97 Å². The number of nitrogens with zero attached hydrogens (tertiary/aromatic N) is 1. The van der Waals surface area contributed by atoms with Gasteiger partial charge in [0.2, 0.25) is 0 Å². The van der Waals surface area contributed by atoms with Crippen molar-refractivity contribution in [2.24, 2.45) is 5.92 Å². The molecule has 1 atom stereocenters. The van der Waals surface area contributed by atoms with Gasteiger partial charge in [0.05, 0.1) is 17.6 Å². The third-order valence-electron chi connectivity index (χ3n) is 3.59. The number of likely N-dealkylation sites (tertiary alicyclic amines) is 1. The predicted molar refractivity (Wildman–Crippen MR) is 83.5 cm³/mol. The van der Waals surface area contributed by atoms with Crippen LogP contribution in [0.5, 0.6) is 5.75 Å². The number of carbonyl (C=O) groups excluding carboxylic acids is 1. The second-order valence-corrected chi connectivity index (χ2v) is 6.17. The Labute approximate surface area is 134 Å². The highest BCUT2D eigenvalue weighted by Crippen LogP contribution is 2.27. The van der Waals surface area contributed by atoms with Crippen molar-refractivity contribution in [2.45, 2.75) is 32.8 Å². The third-order valence-corrected chi connectivity index (χ3v) is 3.83. The maximum absolute atomic E-state index is 12.7. The lowest BCUT2D eigenvalue weighted by Crippen LogP contribution is -2.42. The summed E-state index contributed by atoms with van der Waals surface area (Å²) in [5, 5.41) is 9.59. The average Bonchev–Trinajstić information content (AvgIpc) is 2.48. The fourth-order valence-electron chi connectivity index (χ4n) is 2.56. The topological polar surface area (TPSA) is 66.8 Å². The highest BCUT2D eigenvalue weighted by atomic mass is 35.5. The minimum atomic E-state index is -0.859. The number of carbonyl (C=O) groups is 2. The molecule has 0 bridgehead atoms. The molecule has 0 aliphatic carbocycles. The first-order valence-electron chi connectivity index (χ1n) is 7.36. The molecule has 1 N–H and O–H groups in total. The lowest BCUT2D eigenvalue weighted by molar-refractivity contribution is -0.143. The summed E-state index contributed by atoms with van der Waals surface area (Å²) in [6.45, 7) is 4.53. The van der Waals surface area contributed by atoms with E-state index in [1.165, 1.54) is 0 Å². The highest BCUT2D eigenvalue weighted by molar-refractivity contribution is 6.31. The van der Waals surface area contributed by atoms with Crippen LogP contribution in [0.25, 0.3) is 0 Å². The average molecular weight is 326 g/mol. The van der Waals surface area contributed by atoms with Crippen LogP contribution in [0.15, 0.2) is 18.2 Å². The van der Waals surface area contributed by atoms with E-state index in [0.717, 1.165) is 0 Å². The van der Waals surface area contributed by atoms with Crippen LogP contribution in [0, 0.1) is 5.92 Å². The number of ether oxygens (including phenoxy) is 1. The van der Waals surface area contributed by atoms with Crippen LogP contribution in [-0.2, 0) is 4.79 Å². The van der Waals surface area contributed by atoms with E-state index in [9.17, 15) is 9.59 Å². The van der Waals surface area contributed by atoms with E-state index in [1.807, 2.05) is 13.8 Å². The highest BCUT2D eigenvalue weighted by Gasteiger charge is 2.30. The Morgan fingerprint density at radius 1 is 1.41 bits per heavy atom. The Bertz CT molecular complexity index is 573. The van der Waals surface area contributed by atoms with Gasteiger partial charge in [0.15, 0.2) is 0 Å². The molecule has 1 aliphatic rings. The van der Waals surface area contributed by atoms with Gasteiger partial charge in [-0.15, -0.1) is 0 Å². The van der Waals surface area contributed by atoms with Gasteiger partial charge in [0.1, 0.15) is 5.75 Å². The van der Waals surface area contributed by atoms with E-state index >= 15 is 0 Å². The fourth-order valence-corrected chi connectivity index (χ4v) is 2.73. The van der Waals surface area contributed by atoms with Gasteiger partial charge in [-0.3, -0.25) is 9.59 Å². The summed E-state index contributed by atoms with van der Waals surface area (Å²) < 4.78 is 5.66. The number of carboxylic acid groups (broad SMARTS) is 1. The summed E-state index contributed by atoms with van der Waals surface area (Å²) in [7, 11) is 0. The summed E-state index contributed by atoms with van der Waals surface area (Å²) in [5.74, 6) is -1.13. The normalized spacial score (nSPS) is 18.4. The quantitative estimate of drug-likeness (QED) is 0.924. The molecule has 1 aromatic rings. The van der Waals surface area contributed by atoms with E-state index in [1.54, 1.807) is 23.1 Å². The van der Waals surface area contributed by atoms with Gasteiger partial charge in [0.25, 0.3) is 5.91 Å². The van der Waals surface area contributed by atoms with E-state index in [-0.39, 0.29) is 18.6 Å². The van der Waals surface area contributed by atoms with Crippen molar-refractivity contribution in [1.82, 2.24) is 4.90 Å². The van der Waals surface area contributed by atoms with Crippen LogP contribution in [0.3, 0.4) is 0 Å². The van der Waals surface area contributed by atoms with Crippen LogP contribution >= 0.6 is 11.6 Å². The Kier molecular flexibility index (Phi) is 5.29.